The number of hydrogen-bond donors (Lipinski definition) is 1. The first kappa shape index (κ1) is 32.1. The van der Waals surface area contributed by atoms with Gasteiger partial charge in [0.2, 0.25) is 0 Å². The molecule has 0 saturated heterocycles. The maximum Gasteiger partial charge on any atom is 0.155 e. The number of fused-ring (bicyclic) bond motifs is 1. The molecule has 0 saturated carbocycles. The molecule has 3 heteroatoms. The van der Waals surface area contributed by atoms with Crippen LogP contribution in [0.1, 0.15) is 28.4 Å². The fourth-order valence-electron chi connectivity index (χ4n) is 5.92. The molecule has 0 radical (unpaired) electrons. The minimum Gasteiger partial charge on any atom is -0.288 e. The summed E-state index contributed by atoms with van der Waals surface area (Å²) in [5, 5.41) is 6.11. The lowest BCUT2D eigenvalue weighted by Crippen LogP contribution is -2.21. The first-order valence-corrected chi connectivity index (χ1v) is 16.3. The second-order valence-electron chi connectivity index (χ2n) is 11.6. The largest absolute Gasteiger partial charge is 0.288 e. The molecule has 0 bridgehead atoms. The van der Waals surface area contributed by atoms with E-state index in [2.05, 4.69) is 145 Å². The highest BCUT2D eigenvalue weighted by molar-refractivity contribution is 6.01. The SMILES string of the molecule is C=C/C=C\C=C/Cc1cc(CNC(N=C(N=C)c2ccccc2)c2cccc3cc(-c4ccccc4)ccc23)cc(-c2ccccc2)c1. The van der Waals surface area contributed by atoms with Gasteiger partial charge >= 0.3 is 0 Å². The Kier molecular flexibility index (Phi) is 10.7. The van der Waals surface area contributed by atoms with E-state index in [0.29, 0.717) is 12.4 Å². The van der Waals surface area contributed by atoms with Crippen molar-refractivity contribution in [1.82, 2.24) is 5.32 Å². The van der Waals surface area contributed by atoms with Gasteiger partial charge in [-0.05, 0) is 75.0 Å². The van der Waals surface area contributed by atoms with E-state index in [1.807, 2.05) is 48.6 Å². The molecule has 234 valence electrons. The van der Waals surface area contributed by atoms with Gasteiger partial charge in [-0.3, -0.25) is 5.32 Å². The highest BCUT2D eigenvalue weighted by atomic mass is 15.1. The van der Waals surface area contributed by atoms with Crippen LogP contribution in [0.2, 0.25) is 0 Å². The van der Waals surface area contributed by atoms with Crippen molar-refractivity contribution in [2.45, 2.75) is 19.1 Å². The molecule has 0 fully saturated rings. The van der Waals surface area contributed by atoms with Crippen molar-refractivity contribution < 1.29 is 0 Å². The van der Waals surface area contributed by atoms with Gasteiger partial charge in [0.05, 0.1) is 0 Å². The number of amidine groups is 1. The second-order valence-corrected chi connectivity index (χ2v) is 11.6. The maximum atomic E-state index is 5.21. The lowest BCUT2D eigenvalue weighted by Gasteiger charge is -2.20. The highest BCUT2D eigenvalue weighted by Gasteiger charge is 2.16. The van der Waals surface area contributed by atoms with Crippen molar-refractivity contribution >= 4 is 23.3 Å². The Morgan fingerprint density at radius 2 is 1.31 bits per heavy atom. The molecule has 0 amide bonds. The standard InChI is InChI=1S/C45H39N3/c1-3-4-5-6-10-18-34-29-35(31-41(30-34)37-21-13-8-14-22-37)33-47-45(48-44(46-2)38-23-15-9-16-24-38)43-26-17-25-40-32-39(27-28-42(40)43)36-19-11-7-12-20-36/h3-17,19-32,45,47H,1-2,18,33H2/b5-4-,10-6-,48-44?. The molecule has 0 aromatic heterocycles. The highest BCUT2D eigenvalue weighted by Crippen LogP contribution is 2.31. The minimum absolute atomic E-state index is 0.371. The summed E-state index contributed by atoms with van der Waals surface area (Å²) in [7, 11) is 0. The molecule has 0 aliphatic rings. The van der Waals surface area contributed by atoms with E-state index in [1.165, 1.54) is 33.4 Å². The van der Waals surface area contributed by atoms with Crippen LogP contribution in [0.5, 0.6) is 0 Å². The first-order valence-electron chi connectivity index (χ1n) is 16.3. The van der Waals surface area contributed by atoms with Crippen molar-refractivity contribution in [3.05, 3.63) is 205 Å². The van der Waals surface area contributed by atoms with Gasteiger partial charge in [-0.25, -0.2) is 9.98 Å². The molecule has 1 unspecified atom stereocenters. The van der Waals surface area contributed by atoms with E-state index in [9.17, 15) is 0 Å². The molecule has 1 N–H and O–H groups in total. The minimum atomic E-state index is -0.371. The smallest absolute Gasteiger partial charge is 0.155 e. The van der Waals surface area contributed by atoms with Crippen molar-refractivity contribution in [3.8, 4) is 22.3 Å². The summed E-state index contributed by atoms with van der Waals surface area (Å²) in [6, 6.07) is 51.0. The number of hydrogen-bond acceptors (Lipinski definition) is 2. The van der Waals surface area contributed by atoms with Crippen molar-refractivity contribution in [2.24, 2.45) is 9.98 Å². The molecule has 0 spiro atoms. The monoisotopic (exact) mass is 621 g/mol. The van der Waals surface area contributed by atoms with Crippen LogP contribution in [-0.2, 0) is 13.0 Å². The molecule has 0 heterocycles. The molecule has 48 heavy (non-hydrogen) atoms. The number of rotatable bonds is 12. The summed E-state index contributed by atoms with van der Waals surface area (Å²) >= 11 is 0. The maximum absolute atomic E-state index is 5.21. The average Bonchev–Trinajstić information content (AvgIpc) is 3.15. The van der Waals surface area contributed by atoms with Crippen molar-refractivity contribution in [3.63, 3.8) is 0 Å². The molecule has 0 aliphatic heterocycles. The second kappa shape index (κ2) is 16.1. The summed E-state index contributed by atoms with van der Waals surface area (Å²) in [6.45, 7) is 8.26. The van der Waals surface area contributed by atoms with Gasteiger partial charge in [0.15, 0.2) is 5.84 Å². The third-order valence-electron chi connectivity index (χ3n) is 8.26. The molecular weight excluding hydrogens is 583 g/mol. The fourth-order valence-corrected chi connectivity index (χ4v) is 5.92. The number of nitrogens with one attached hydrogen (secondary N) is 1. The zero-order valence-electron chi connectivity index (χ0n) is 27.0. The Hall–Kier alpha value is -5.90. The first-order chi connectivity index (χ1) is 23.7. The van der Waals surface area contributed by atoms with Crippen molar-refractivity contribution in [1.29, 1.82) is 0 Å². The number of nitrogens with zero attached hydrogens (tertiary/aromatic N) is 2. The van der Waals surface area contributed by atoms with E-state index < -0.39 is 0 Å². The summed E-state index contributed by atoms with van der Waals surface area (Å²) in [5.41, 5.74) is 9.20. The third kappa shape index (κ3) is 8.08. The molecule has 6 rings (SSSR count). The summed E-state index contributed by atoms with van der Waals surface area (Å²) in [6.07, 6.45) is 10.4. The van der Waals surface area contributed by atoms with Gasteiger partial charge in [-0.15, -0.1) is 0 Å². The fraction of sp³-hybridized carbons (Fsp3) is 0.0667. The van der Waals surface area contributed by atoms with Gasteiger partial charge in [-0.1, -0.05) is 170 Å². The molecule has 1 atom stereocenters. The molecular formula is C45H39N3. The van der Waals surface area contributed by atoms with Crippen LogP contribution in [0, 0.1) is 0 Å². The molecule has 6 aromatic carbocycles. The zero-order chi connectivity index (χ0) is 33.0. The Bertz CT molecular complexity index is 2070. The Labute approximate surface area is 284 Å². The predicted octanol–water partition coefficient (Wildman–Crippen LogP) is 11.0. The van der Waals surface area contributed by atoms with Crippen LogP contribution in [0.15, 0.2) is 193 Å². The van der Waals surface area contributed by atoms with Crippen LogP contribution in [0.3, 0.4) is 0 Å². The normalized spacial score (nSPS) is 12.5. The van der Waals surface area contributed by atoms with E-state index in [0.717, 1.165) is 28.3 Å². The quantitative estimate of drug-likeness (QED) is 0.0824. The van der Waals surface area contributed by atoms with E-state index in [1.54, 1.807) is 6.08 Å². The van der Waals surface area contributed by atoms with Gasteiger partial charge in [0.1, 0.15) is 6.17 Å². The van der Waals surface area contributed by atoms with Gasteiger partial charge in [0.25, 0.3) is 0 Å². The van der Waals surface area contributed by atoms with Crippen molar-refractivity contribution in [2.75, 3.05) is 0 Å². The lowest BCUT2D eigenvalue weighted by atomic mass is 9.96. The van der Waals surface area contributed by atoms with Crippen LogP contribution >= 0.6 is 0 Å². The molecule has 6 aromatic rings. The van der Waals surface area contributed by atoms with E-state index in [4.69, 9.17) is 4.99 Å². The van der Waals surface area contributed by atoms with Crippen LogP contribution in [0.25, 0.3) is 33.0 Å². The Balaban J connectivity index is 1.39. The van der Waals surface area contributed by atoms with Gasteiger partial charge in [0, 0.05) is 12.1 Å². The van der Waals surface area contributed by atoms with E-state index >= 15 is 0 Å². The summed E-state index contributed by atoms with van der Waals surface area (Å²) < 4.78 is 0. The van der Waals surface area contributed by atoms with Gasteiger partial charge < -0.3 is 0 Å². The third-order valence-corrected chi connectivity index (χ3v) is 8.26. The predicted molar refractivity (Wildman–Crippen MR) is 206 cm³/mol. The molecule has 3 nitrogen and oxygen atoms in total. The van der Waals surface area contributed by atoms with E-state index in [-0.39, 0.29) is 6.17 Å². The topological polar surface area (TPSA) is 36.8 Å². The Morgan fingerprint density at radius 3 is 2.02 bits per heavy atom. The van der Waals surface area contributed by atoms with Crippen LogP contribution in [0.4, 0.5) is 0 Å². The van der Waals surface area contributed by atoms with Gasteiger partial charge in [-0.2, -0.15) is 0 Å². The number of benzene rings is 6. The average molecular weight is 622 g/mol. The van der Waals surface area contributed by atoms with Crippen LogP contribution < -0.4 is 5.32 Å². The summed E-state index contributed by atoms with van der Waals surface area (Å²) in [5.74, 6) is 0.599. The number of aliphatic imine (C=N–C) groups is 2. The molecule has 0 aliphatic carbocycles. The Morgan fingerprint density at radius 1 is 0.625 bits per heavy atom. The zero-order valence-corrected chi connectivity index (χ0v) is 27.0. The van der Waals surface area contributed by atoms with Crippen LogP contribution in [-0.4, -0.2) is 12.6 Å². The number of allylic oxidation sites excluding steroid dienone is 5. The summed E-state index contributed by atoms with van der Waals surface area (Å²) in [4.78, 5) is 9.59. The lowest BCUT2D eigenvalue weighted by molar-refractivity contribution is 0.557.